The van der Waals surface area contributed by atoms with E-state index in [1.165, 1.54) is 17.1 Å². The minimum absolute atomic E-state index is 0.0339. The Morgan fingerprint density at radius 1 is 0.917 bits per heavy atom. The Hall–Kier alpha value is -3.16. The van der Waals surface area contributed by atoms with Crippen LogP contribution in [0.2, 0.25) is 5.02 Å². The first-order valence-corrected chi connectivity index (χ1v) is 13.9. The number of benzene rings is 3. The minimum atomic E-state index is -3.99. The average molecular weight is 524 g/mol. The zero-order valence-electron chi connectivity index (χ0n) is 20.3. The van der Waals surface area contributed by atoms with Crippen molar-refractivity contribution in [2.45, 2.75) is 56.9 Å². The van der Waals surface area contributed by atoms with Gasteiger partial charge in [-0.2, -0.15) is 5.10 Å². The van der Waals surface area contributed by atoms with Gasteiger partial charge < -0.3 is 0 Å². The van der Waals surface area contributed by atoms with Crippen molar-refractivity contribution in [3.05, 3.63) is 94.5 Å². The van der Waals surface area contributed by atoms with Crippen LogP contribution in [0.5, 0.6) is 0 Å². The lowest BCUT2D eigenvalue weighted by molar-refractivity contribution is 0.0955. The highest BCUT2D eigenvalue weighted by molar-refractivity contribution is 7.92. The summed E-state index contributed by atoms with van der Waals surface area (Å²) in [6.07, 6.45) is 6.21. The van der Waals surface area contributed by atoms with Gasteiger partial charge in [-0.15, -0.1) is 0 Å². The molecule has 0 radical (unpaired) electrons. The van der Waals surface area contributed by atoms with Crippen LogP contribution < -0.4 is 9.73 Å². The van der Waals surface area contributed by atoms with Crippen molar-refractivity contribution < 1.29 is 13.2 Å². The van der Waals surface area contributed by atoms with E-state index in [0.717, 1.165) is 42.5 Å². The van der Waals surface area contributed by atoms with E-state index in [9.17, 15) is 13.2 Å². The molecule has 1 saturated carbocycles. The van der Waals surface area contributed by atoms with E-state index in [-0.39, 0.29) is 22.7 Å². The monoisotopic (exact) mass is 523 g/mol. The number of carbonyl (C=O) groups is 1. The number of sulfonamides is 1. The summed E-state index contributed by atoms with van der Waals surface area (Å²) in [5.74, 6) is -0.442. The maximum absolute atomic E-state index is 13.9. The number of rotatable bonds is 7. The summed E-state index contributed by atoms with van der Waals surface area (Å²) in [5.41, 5.74) is 5.86. The van der Waals surface area contributed by atoms with Gasteiger partial charge in [0.1, 0.15) is 0 Å². The molecule has 0 atom stereocenters. The van der Waals surface area contributed by atoms with Gasteiger partial charge in [0.2, 0.25) is 0 Å². The Kier molecular flexibility index (Phi) is 8.44. The van der Waals surface area contributed by atoms with Crippen LogP contribution in [0.25, 0.3) is 0 Å². The Labute approximate surface area is 218 Å². The number of aryl methyl sites for hydroxylation is 1. The summed E-state index contributed by atoms with van der Waals surface area (Å²) in [6, 6.07) is 20.4. The molecule has 8 heteroatoms. The second-order valence-electron chi connectivity index (χ2n) is 9.00. The van der Waals surface area contributed by atoms with Gasteiger partial charge in [-0.05, 0) is 74.6 Å². The van der Waals surface area contributed by atoms with Gasteiger partial charge in [0.05, 0.1) is 22.7 Å². The molecule has 1 aliphatic carbocycles. The number of halogens is 1. The van der Waals surface area contributed by atoms with Gasteiger partial charge in [0, 0.05) is 10.7 Å². The van der Waals surface area contributed by atoms with Gasteiger partial charge in [-0.25, -0.2) is 13.8 Å². The number of carbonyl (C=O) groups excluding carboxylic acids is 1. The minimum Gasteiger partial charge on any atom is -0.267 e. The fourth-order valence-electron chi connectivity index (χ4n) is 4.21. The van der Waals surface area contributed by atoms with Gasteiger partial charge in [-0.1, -0.05) is 66.4 Å². The highest BCUT2D eigenvalue weighted by Gasteiger charge is 2.28. The van der Waals surface area contributed by atoms with Gasteiger partial charge in [0.15, 0.2) is 0 Å². The SMILES string of the molecule is Cc1ccc(S(=O)(=O)N(Cc2ccc(Cl)cc2)c2ccccc2C(=O)NN=C2CCCCCC2)cc1. The first-order valence-electron chi connectivity index (χ1n) is 12.1. The van der Waals surface area contributed by atoms with Gasteiger partial charge in [-0.3, -0.25) is 9.10 Å². The Bertz CT molecular complexity index is 1330. The molecule has 1 amide bonds. The lowest BCUT2D eigenvalue weighted by Gasteiger charge is -2.26. The second kappa shape index (κ2) is 11.7. The fraction of sp³-hybridized carbons (Fsp3) is 0.286. The highest BCUT2D eigenvalue weighted by atomic mass is 35.5. The van der Waals surface area contributed by atoms with Crippen LogP contribution in [0.3, 0.4) is 0 Å². The van der Waals surface area contributed by atoms with Crippen LogP contribution in [0.15, 0.2) is 82.8 Å². The summed E-state index contributed by atoms with van der Waals surface area (Å²) in [7, 11) is -3.99. The average Bonchev–Trinajstić information content (AvgIpc) is 3.16. The van der Waals surface area contributed by atoms with E-state index in [0.29, 0.717) is 5.02 Å². The normalized spacial score (nSPS) is 14.1. The maximum atomic E-state index is 13.9. The van der Waals surface area contributed by atoms with E-state index in [4.69, 9.17) is 11.6 Å². The van der Waals surface area contributed by atoms with Crippen molar-refractivity contribution in [3.63, 3.8) is 0 Å². The molecular formula is C28H30ClN3O3S. The van der Waals surface area contributed by atoms with Crippen LogP contribution in [-0.4, -0.2) is 20.0 Å². The van der Waals surface area contributed by atoms with Gasteiger partial charge in [0.25, 0.3) is 15.9 Å². The first kappa shape index (κ1) is 25.9. The summed E-state index contributed by atoms with van der Waals surface area (Å²) in [6.45, 7) is 1.93. The molecule has 188 valence electrons. The molecule has 0 bridgehead atoms. The van der Waals surface area contributed by atoms with Crippen LogP contribution >= 0.6 is 11.6 Å². The molecule has 1 aliphatic rings. The molecule has 3 aromatic carbocycles. The third-order valence-corrected chi connectivity index (χ3v) is 8.29. The van der Waals surface area contributed by atoms with Crippen LogP contribution in [0.4, 0.5) is 5.69 Å². The number of hydrogen-bond donors (Lipinski definition) is 1. The smallest absolute Gasteiger partial charge is 0.267 e. The number of nitrogens with one attached hydrogen (secondary N) is 1. The number of hydrogen-bond acceptors (Lipinski definition) is 4. The fourth-order valence-corrected chi connectivity index (χ4v) is 5.81. The molecule has 0 aliphatic heterocycles. The molecule has 0 saturated heterocycles. The number of hydrazone groups is 1. The molecule has 0 spiro atoms. The largest absolute Gasteiger partial charge is 0.273 e. The van der Waals surface area contributed by atoms with E-state index in [1.54, 1.807) is 72.8 Å². The highest BCUT2D eigenvalue weighted by Crippen LogP contribution is 2.30. The van der Waals surface area contributed by atoms with E-state index in [1.807, 2.05) is 6.92 Å². The quantitative estimate of drug-likeness (QED) is 0.284. The summed E-state index contributed by atoms with van der Waals surface area (Å²) < 4.78 is 29.0. The molecule has 0 unspecified atom stereocenters. The van der Waals surface area contributed by atoms with Crippen molar-refractivity contribution in [1.29, 1.82) is 0 Å². The molecule has 3 aromatic rings. The lowest BCUT2D eigenvalue weighted by atomic mass is 10.1. The van der Waals surface area contributed by atoms with Crippen LogP contribution in [-0.2, 0) is 16.6 Å². The number of anilines is 1. The molecule has 0 heterocycles. The number of nitrogens with zero attached hydrogens (tertiary/aromatic N) is 2. The Morgan fingerprint density at radius 3 is 2.22 bits per heavy atom. The summed E-state index contributed by atoms with van der Waals surface area (Å²) >= 11 is 6.04. The van der Waals surface area contributed by atoms with E-state index < -0.39 is 15.9 Å². The standard InChI is InChI=1S/C28H30ClN3O3S/c1-21-12-18-25(19-13-21)36(34,35)32(20-22-14-16-23(29)17-15-22)27-11-7-6-10-26(27)28(33)31-30-24-8-4-2-3-5-9-24/h6-7,10-19H,2-5,8-9,20H2,1H3,(H,31,33). The first-order chi connectivity index (χ1) is 17.3. The van der Waals surface area contributed by atoms with Crippen LogP contribution in [0.1, 0.15) is 60.0 Å². The van der Waals surface area contributed by atoms with Crippen molar-refractivity contribution in [2.24, 2.45) is 5.10 Å². The van der Waals surface area contributed by atoms with Crippen molar-refractivity contribution in [1.82, 2.24) is 5.43 Å². The summed E-state index contributed by atoms with van der Waals surface area (Å²) in [5, 5.41) is 4.94. The topological polar surface area (TPSA) is 78.8 Å². The number of para-hydroxylation sites is 1. The van der Waals surface area contributed by atoms with Crippen molar-refractivity contribution in [3.8, 4) is 0 Å². The predicted molar refractivity (Wildman–Crippen MR) is 145 cm³/mol. The zero-order chi connectivity index (χ0) is 25.5. The van der Waals surface area contributed by atoms with Crippen LogP contribution in [0, 0.1) is 6.92 Å². The third kappa shape index (κ3) is 6.33. The predicted octanol–water partition coefficient (Wildman–Crippen LogP) is 6.48. The van der Waals surface area contributed by atoms with Crippen molar-refractivity contribution >= 4 is 38.9 Å². The third-order valence-electron chi connectivity index (χ3n) is 6.26. The number of amides is 1. The van der Waals surface area contributed by atoms with Crippen molar-refractivity contribution in [2.75, 3.05) is 4.31 Å². The zero-order valence-corrected chi connectivity index (χ0v) is 21.9. The van der Waals surface area contributed by atoms with Gasteiger partial charge >= 0.3 is 0 Å². The summed E-state index contributed by atoms with van der Waals surface area (Å²) in [4.78, 5) is 13.4. The Morgan fingerprint density at radius 2 is 1.56 bits per heavy atom. The lowest BCUT2D eigenvalue weighted by Crippen LogP contribution is -2.33. The molecule has 1 N–H and O–H groups in total. The van der Waals surface area contributed by atoms with E-state index >= 15 is 0 Å². The molecule has 36 heavy (non-hydrogen) atoms. The second-order valence-corrected chi connectivity index (χ2v) is 11.3. The molecule has 1 fully saturated rings. The Balaban J connectivity index is 1.72. The molecule has 6 nitrogen and oxygen atoms in total. The molecular weight excluding hydrogens is 494 g/mol. The van der Waals surface area contributed by atoms with E-state index in [2.05, 4.69) is 10.5 Å². The maximum Gasteiger partial charge on any atom is 0.273 e. The molecule has 0 aromatic heterocycles. The molecule has 4 rings (SSSR count).